The fourth-order valence-corrected chi connectivity index (χ4v) is 2.62. The lowest BCUT2D eigenvalue weighted by Crippen LogP contribution is -2.46. The van der Waals surface area contributed by atoms with Gasteiger partial charge in [0.05, 0.1) is 4.90 Å². The van der Waals surface area contributed by atoms with Crippen molar-refractivity contribution >= 4 is 16.0 Å². The van der Waals surface area contributed by atoms with E-state index < -0.39 is 37.8 Å². The molecule has 1 N–H and O–H groups in total. The number of halogens is 3. The Labute approximate surface area is 112 Å². The molecule has 1 aromatic carbocycles. The first-order valence-electron chi connectivity index (χ1n) is 5.14. The zero-order valence-electron chi connectivity index (χ0n) is 10.0. The quantitative estimate of drug-likeness (QED) is 0.835. The van der Waals surface area contributed by atoms with Crippen LogP contribution in [0.1, 0.15) is 6.92 Å². The summed E-state index contributed by atoms with van der Waals surface area (Å²) in [6.07, 6.45) is -5.34. The molecule has 0 spiro atoms. The fraction of sp³-hybridized carbons (Fsp3) is 0.300. The summed E-state index contributed by atoms with van der Waals surface area (Å²) in [5.74, 6) is -1.78. The summed E-state index contributed by atoms with van der Waals surface area (Å²) in [5.41, 5.74) is 0. The summed E-state index contributed by atoms with van der Waals surface area (Å²) in [4.78, 5) is 13.6. The predicted molar refractivity (Wildman–Crippen MR) is 59.7 cm³/mol. The highest BCUT2D eigenvalue weighted by molar-refractivity contribution is 7.89. The van der Waals surface area contributed by atoms with Crippen molar-refractivity contribution in [2.24, 2.45) is 0 Å². The standard InChI is InChI=1S/C10H10F3NO5S/c1-7(9(15)16)14(19-10(11,12)13)20(17,18)8-5-3-2-4-6-8/h2-7H,1H3,(H,15,16). The number of benzene rings is 1. The number of rotatable bonds is 5. The van der Waals surface area contributed by atoms with Crippen LogP contribution in [0.2, 0.25) is 0 Å². The van der Waals surface area contributed by atoms with Gasteiger partial charge in [-0.25, -0.2) is 8.42 Å². The predicted octanol–water partition coefficient (Wildman–Crippen LogP) is 1.60. The first kappa shape index (κ1) is 16.4. The average Bonchev–Trinajstić information content (AvgIpc) is 2.35. The van der Waals surface area contributed by atoms with E-state index in [1.54, 1.807) is 0 Å². The Bertz CT molecular complexity index is 572. The van der Waals surface area contributed by atoms with Crippen molar-refractivity contribution in [2.75, 3.05) is 0 Å². The lowest BCUT2D eigenvalue weighted by molar-refractivity contribution is -0.394. The van der Waals surface area contributed by atoms with E-state index in [2.05, 4.69) is 4.84 Å². The molecule has 1 rings (SSSR count). The molecule has 0 saturated heterocycles. The van der Waals surface area contributed by atoms with Crippen LogP contribution in [0, 0.1) is 0 Å². The Balaban J connectivity index is 3.26. The Kier molecular flexibility index (Phi) is 4.73. The average molecular weight is 313 g/mol. The number of aliphatic carboxylic acids is 1. The molecule has 0 aromatic heterocycles. The highest BCUT2D eigenvalue weighted by atomic mass is 32.2. The maximum Gasteiger partial charge on any atom is 0.540 e. The number of carboxylic acids is 1. The van der Waals surface area contributed by atoms with Crippen LogP contribution in [0.4, 0.5) is 13.2 Å². The van der Waals surface area contributed by atoms with Crippen molar-refractivity contribution in [2.45, 2.75) is 24.2 Å². The van der Waals surface area contributed by atoms with Crippen LogP contribution in [0.5, 0.6) is 0 Å². The fourth-order valence-electron chi connectivity index (χ4n) is 1.22. The molecular formula is C10H10F3NO5S. The second-order valence-corrected chi connectivity index (χ2v) is 5.41. The Morgan fingerprint density at radius 2 is 1.80 bits per heavy atom. The van der Waals surface area contributed by atoms with Crippen molar-refractivity contribution in [3.8, 4) is 0 Å². The van der Waals surface area contributed by atoms with E-state index in [0.29, 0.717) is 0 Å². The van der Waals surface area contributed by atoms with E-state index in [1.807, 2.05) is 0 Å². The van der Waals surface area contributed by atoms with Gasteiger partial charge in [-0.05, 0) is 19.1 Å². The summed E-state index contributed by atoms with van der Waals surface area (Å²) in [6, 6.07) is 4.01. The highest BCUT2D eigenvalue weighted by Gasteiger charge is 2.43. The molecular weight excluding hydrogens is 303 g/mol. The molecule has 1 unspecified atom stereocenters. The molecule has 0 heterocycles. The molecule has 0 aliphatic heterocycles. The summed E-state index contributed by atoms with van der Waals surface area (Å²) in [7, 11) is -4.77. The van der Waals surface area contributed by atoms with Gasteiger partial charge in [0.15, 0.2) is 0 Å². The van der Waals surface area contributed by atoms with E-state index in [9.17, 15) is 26.4 Å². The van der Waals surface area contributed by atoms with Gasteiger partial charge in [-0.2, -0.15) is 4.84 Å². The van der Waals surface area contributed by atoms with Crippen LogP contribution in [0.25, 0.3) is 0 Å². The number of hydroxylamine groups is 1. The lowest BCUT2D eigenvalue weighted by atomic mass is 10.4. The molecule has 6 nitrogen and oxygen atoms in total. The normalized spacial score (nSPS) is 14.2. The summed E-state index contributed by atoms with van der Waals surface area (Å²) in [5, 5.41) is 8.71. The minimum Gasteiger partial charge on any atom is -0.480 e. The van der Waals surface area contributed by atoms with Crippen molar-refractivity contribution in [3.63, 3.8) is 0 Å². The van der Waals surface area contributed by atoms with Crippen molar-refractivity contribution < 1.29 is 36.3 Å². The van der Waals surface area contributed by atoms with Crippen LogP contribution < -0.4 is 0 Å². The van der Waals surface area contributed by atoms with Gasteiger partial charge < -0.3 is 5.11 Å². The Morgan fingerprint density at radius 3 is 2.20 bits per heavy atom. The van der Waals surface area contributed by atoms with E-state index >= 15 is 0 Å². The largest absolute Gasteiger partial charge is 0.540 e. The summed E-state index contributed by atoms with van der Waals surface area (Å²) >= 11 is 0. The van der Waals surface area contributed by atoms with Gasteiger partial charge in [0, 0.05) is 0 Å². The molecule has 0 saturated carbocycles. The number of nitrogens with zero attached hydrogens (tertiary/aromatic N) is 1. The number of carbonyl (C=O) groups is 1. The maximum atomic E-state index is 12.3. The minimum atomic E-state index is -5.34. The highest BCUT2D eigenvalue weighted by Crippen LogP contribution is 2.26. The maximum absolute atomic E-state index is 12.3. The molecule has 0 amide bonds. The third-order valence-corrected chi connectivity index (χ3v) is 3.88. The molecule has 20 heavy (non-hydrogen) atoms. The first-order chi connectivity index (χ1) is 9.05. The number of hydrogen-bond acceptors (Lipinski definition) is 4. The Morgan fingerprint density at radius 1 is 1.30 bits per heavy atom. The van der Waals surface area contributed by atoms with Gasteiger partial charge in [0.25, 0.3) is 10.0 Å². The second-order valence-electron chi connectivity index (χ2n) is 3.62. The van der Waals surface area contributed by atoms with Crippen molar-refractivity contribution in [1.82, 2.24) is 4.47 Å². The number of alkyl halides is 3. The van der Waals surface area contributed by atoms with Gasteiger partial charge in [-0.15, -0.1) is 13.2 Å². The molecule has 0 aliphatic rings. The van der Waals surface area contributed by atoms with Gasteiger partial charge in [-0.1, -0.05) is 22.7 Å². The molecule has 10 heteroatoms. The molecule has 0 aliphatic carbocycles. The Hall–Kier alpha value is -1.65. The second kappa shape index (κ2) is 5.77. The lowest BCUT2D eigenvalue weighted by Gasteiger charge is -2.25. The SMILES string of the molecule is CC(C(=O)O)N(OC(F)(F)F)S(=O)(=O)c1ccccc1. The van der Waals surface area contributed by atoms with Gasteiger partial charge in [-0.3, -0.25) is 4.79 Å². The summed E-state index contributed by atoms with van der Waals surface area (Å²) < 4.78 is 60.2. The smallest absolute Gasteiger partial charge is 0.480 e. The van der Waals surface area contributed by atoms with Crippen LogP contribution >= 0.6 is 0 Å². The third-order valence-electron chi connectivity index (χ3n) is 2.15. The first-order valence-corrected chi connectivity index (χ1v) is 6.58. The molecule has 0 fully saturated rings. The van der Waals surface area contributed by atoms with Gasteiger partial charge in [0.2, 0.25) is 0 Å². The van der Waals surface area contributed by atoms with E-state index in [4.69, 9.17) is 5.11 Å². The van der Waals surface area contributed by atoms with Gasteiger partial charge in [0.1, 0.15) is 6.04 Å². The van der Waals surface area contributed by atoms with E-state index in [-0.39, 0.29) is 0 Å². The van der Waals surface area contributed by atoms with E-state index in [0.717, 1.165) is 19.1 Å². The topological polar surface area (TPSA) is 83.9 Å². The molecule has 1 atom stereocenters. The van der Waals surface area contributed by atoms with Crippen LogP contribution in [-0.4, -0.2) is 36.4 Å². The molecule has 0 radical (unpaired) electrons. The molecule has 1 aromatic rings. The van der Waals surface area contributed by atoms with Crippen molar-refractivity contribution in [1.29, 1.82) is 0 Å². The van der Waals surface area contributed by atoms with Gasteiger partial charge >= 0.3 is 12.3 Å². The number of carboxylic acid groups (broad SMARTS) is 1. The third kappa shape index (κ3) is 3.92. The summed E-state index contributed by atoms with van der Waals surface area (Å²) in [6.45, 7) is 0.758. The zero-order valence-corrected chi connectivity index (χ0v) is 10.9. The van der Waals surface area contributed by atoms with Crippen LogP contribution in [-0.2, 0) is 19.7 Å². The van der Waals surface area contributed by atoms with Crippen LogP contribution in [0.15, 0.2) is 35.2 Å². The van der Waals surface area contributed by atoms with Crippen LogP contribution in [0.3, 0.4) is 0 Å². The number of hydrogen-bond donors (Lipinski definition) is 1. The molecule has 0 bridgehead atoms. The van der Waals surface area contributed by atoms with E-state index in [1.165, 1.54) is 18.2 Å². The number of sulfonamides is 1. The monoisotopic (exact) mass is 313 g/mol. The van der Waals surface area contributed by atoms with Crippen molar-refractivity contribution in [3.05, 3.63) is 30.3 Å². The zero-order chi connectivity index (χ0) is 15.6. The minimum absolute atomic E-state index is 0.516. The molecule has 112 valence electrons.